The molecule has 212 valence electrons. The molecule has 0 aliphatic rings. The molecule has 0 aliphatic heterocycles. The zero-order valence-corrected chi connectivity index (χ0v) is 22.5. The Morgan fingerprint density at radius 2 is 1.51 bits per heavy atom. The summed E-state index contributed by atoms with van der Waals surface area (Å²) in [7, 11) is -18.4. The molecule has 3 aromatic carbocycles. The summed E-state index contributed by atoms with van der Waals surface area (Å²) in [6.45, 7) is -0.913. The van der Waals surface area contributed by atoms with Gasteiger partial charge in [-0.15, -0.1) is 10.2 Å². The van der Waals surface area contributed by atoms with Crippen LogP contribution in [-0.2, 0) is 44.7 Å². The van der Waals surface area contributed by atoms with Gasteiger partial charge >= 0.3 is 10.4 Å². The Labute approximate surface area is 222 Å². The summed E-state index contributed by atoms with van der Waals surface area (Å²) in [5, 5.41) is 20.5. The molecule has 5 N–H and O–H groups in total. The molecule has 0 aliphatic carbocycles. The summed E-state index contributed by atoms with van der Waals surface area (Å²) in [6, 6.07) is 9.15. The fourth-order valence-electron chi connectivity index (χ4n) is 3.23. The first kappa shape index (κ1) is 30.3. The summed E-state index contributed by atoms with van der Waals surface area (Å²) in [6.07, 6.45) is 0. The number of rotatable bonds is 11. The minimum absolute atomic E-state index is 0.00255. The minimum Gasteiger partial charge on any atom is -0.507 e. The lowest BCUT2D eigenvalue weighted by molar-refractivity contribution is 0.284. The van der Waals surface area contributed by atoms with E-state index in [4.69, 9.17) is 9.11 Å². The highest BCUT2D eigenvalue weighted by Gasteiger charge is 2.21. The van der Waals surface area contributed by atoms with Crippen LogP contribution in [0.3, 0.4) is 0 Å². The molecular formula is C19H19N3O13S4. The van der Waals surface area contributed by atoms with Crippen LogP contribution < -0.4 is 5.32 Å². The van der Waals surface area contributed by atoms with E-state index in [1.165, 1.54) is 30.3 Å². The Balaban J connectivity index is 2.15. The largest absolute Gasteiger partial charge is 0.507 e. The van der Waals surface area contributed by atoms with E-state index in [1.807, 2.05) is 0 Å². The predicted octanol–water partition coefficient (Wildman–Crippen LogP) is 2.06. The standard InChI is InChI=1S/C19H19N3O13S4/c23-16-10-13(38(29,30)31)9-12-5-6-15(20-11-37(26,27)28)19(18(12)16)22-21-14-3-1-2-4-17(14)36(24,25)8-7-35-39(32,33)34/h1-6,9-10,20,23H,7-8,11H2,(H,26,27,28)(H,29,30,31)(H,32,33,34). The van der Waals surface area contributed by atoms with Crippen LogP contribution in [-0.4, -0.2) is 70.7 Å². The smallest absolute Gasteiger partial charge is 0.397 e. The predicted molar refractivity (Wildman–Crippen MR) is 136 cm³/mol. The number of nitrogens with zero attached hydrogens (tertiary/aromatic N) is 2. The fourth-order valence-corrected chi connectivity index (χ4v) is 5.74. The monoisotopic (exact) mass is 625 g/mol. The van der Waals surface area contributed by atoms with Gasteiger partial charge in [0, 0.05) is 6.07 Å². The number of hydrogen-bond donors (Lipinski definition) is 5. The Morgan fingerprint density at radius 1 is 0.846 bits per heavy atom. The molecule has 0 radical (unpaired) electrons. The van der Waals surface area contributed by atoms with Crippen molar-refractivity contribution in [1.29, 1.82) is 0 Å². The lowest BCUT2D eigenvalue weighted by Gasteiger charge is -2.13. The van der Waals surface area contributed by atoms with Crippen molar-refractivity contribution < 1.29 is 56.6 Å². The third-order valence-corrected chi connectivity index (χ3v) is 8.35. The van der Waals surface area contributed by atoms with Gasteiger partial charge in [0.05, 0.1) is 33.2 Å². The number of benzene rings is 3. The molecule has 0 aromatic heterocycles. The lowest BCUT2D eigenvalue weighted by Crippen LogP contribution is -2.15. The number of nitrogens with one attached hydrogen (secondary N) is 1. The van der Waals surface area contributed by atoms with E-state index in [9.17, 15) is 43.3 Å². The van der Waals surface area contributed by atoms with Crippen molar-refractivity contribution in [2.75, 3.05) is 23.6 Å². The SMILES string of the molecule is O=S(=O)(O)CNc1ccc2cc(S(=O)(=O)O)cc(O)c2c1N=Nc1ccccc1S(=O)(=O)CCOS(=O)(=O)O. The van der Waals surface area contributed by atoms with Gasteiger partial charge in [0.15, 0.2) is 9.84 Å². The van der Waals surface area contributed by atoms with Crippen LogP contribution in [0.4, 0.5) is 17.1 Å². The van der Waals surface area contributed by atoms with Gasteiger partial charge in [0.2, 0.25) is 0 Å². The molecule has 39 heavy (non-hydrogen) atoms. The van der Waals surface area contributed by atoms with Crippen molar-refractivity contribution in [2.24, 2.45) is 10.2 Å². The molecular weight excluding hydrogens is 606 g/mol. The van der Waals surface area contributed by atoms with Crippen LogP contribution in [0.15, 0.2) is 68.6 Å². The van der Waals surface area contributed by atoms with E-state index in [0.717, 1.165) is 12.1 Å². The van der Waals surface area contributed by atoms with E-state index in [-0.39, 0.29) is 27.8 Å². The molecule has 0 saturated carbocycles. The molecule has 16 nitrogen and oxygen atoms in total. The Hall–Kier alpha value is -3.24. The van der Waals surface area contributed by atoms with Crippen molar-refractivity contribution in [3.05, 3.63) is 48.5 Å². The second-order valence-corrected chi connectivity index (χ2v) is 13.7. The molecule has 0 fully saturated rings. The summed E-state index contributed by atoms with van der Waals surface area (Å²) in [5.41, 5.74) is -0.728. The van der Waals surface area contributed by atoms with Crippen LogP contribution in [0, 0.1) is 0 Å². The van der Waals surface area contributed by atoms with Gasteiger partial charge in [-0.05, 0) is 29.7 Å². The number of aromatic hydroxyl groups is 1. The first-order valence-corrected chi connectivity index (χ1v) is 16.3. The summed E-state index contributed by atoms with van der Waals surface area (Å²) >= 11 is 0. The number of anilines is 1. The zero-order chi connectivity index (χ0) is 29.2. The summed E-state index contributed by atoms with van der Waals surface area (Å²) < 4.78 is 124. The molecule has 0 heterocycles. The van der Waals surface area contributed by atoms with Crippen LogP contribution in [0.2, 0.25) is 0 Å². The number of sulfone groups is 1. The summed E-state index contributed by atoms with van der Waals surface area (Å²) in [4.78, 5) is -1.10. The number of phenols is 1. The van der Waals surface area contributed by atoms with Gasteiger partial charge in [-0.2, -0.15) is 25.3 Å². The van der Waals surface area contributed by atoms with Gasteiger partial charge in [-0.3, -0.25) is 13.7 Å². The molecule has 0 amide bonds. The second-order valence-electron chi connectivity index (χ2n) is 7.62. The average molecular weight is 626 g/mol. The maximum Gasteiger partial charge on any atom is 0.397 e. The topological polar surface area (TPSA) is 263 Å². The maximum absolute atomic E-state index is 12.7. The number of phenolic OH excluding ortho intramolecular Hbond substituents is 1. The van der Waals surface area contributed by atoms with Crippen LogP contribution in [0.1, 0.15) is 0 Å². The molecule has 0 unspecified atom stereocenters. The summed E-state index contributed by atoms with van der Waals surface area (Å²) in [5.74, 6) is -2.62. The van der Waals surface area contributed by atoms with E-state index in [2.05, 4.69) is 19.7 Å². The molecule has 0 atom stereocenters. The highest BCUT2D eigenvalue weighted by atomic mass is 32.3. The number of azo groups is 1. The van der Waals surface area contributed by atoms with Gasteiger partial charge in [-0.25, -0.2) is 12.6 Å². The highest BCUT2D eigenvalue weighted by Crippen LogP contribution is 2.42. The number of fused-ring (bicyclic) bond motifs is 1. The Morgan fingerprint density at radius 3 is 2.13 bits per heavy atom. The van der Waals surface area contributed by atoms with E-state index in [1.54, 1.807) is 0 Å². The van der Waals surface area contributed by atoms with E-state index < -0.39 is 74.2 Å². The third kappa shape index (κ3) is 8.12. The average Bonchev–Trinajstić information content (AvgIpc) is 2.79. The van der Waals surface area contributed by atoms with E-state index in [0.29, 0.717) is 6.07 Å². The second kappa shape index (κ2) is 11.1. The van der Waals surface area contributed by atoms with Gasteiger partial charge in [0.25, 0.3) is 20.2 Å². The molecule has 3 rings (SSSR count). The normalized spacial score (nSPS) is 13.2. The zero-order valence-electron chi connectivity index (χ0n) is 19.2. The molecule has 0 spiro atoms. The van der Waals surface area contributed by atoms with Crippen LogP contribution in [0.5, 0.6) is 5.75 Å². The van der Waals surface area contributed by atoms with Crippen molar-refractivity contribution in [1.82, 2.24) is 0 Å². The third-order valence-electron chi connectivity index (χ3n) is 4.83. The highest BCUT2D eigenvalue weighted by molar-refractivity contribution is 7.91. The van der Waals surface area contributed by atoms with Crippen molar-refractivity contribution >= 4 is 68.3 Å². The van der Waals surface area contributed by atoms with Crippen molar-refractivity contribution in [3.63, 3.8) is 0 Å². The van der Waals surface area contributed by atoms with Crippen molar-refractivity contribution in [2.45, 2.75) is 9.79 Å². The Kier molecular flexibility index (Phi) is 8.62. The van der Waals surface area contributed by atoms with Crippen molar-refractivity contribution in [3.8, 4) is 5.75 Å². The van der Waals surface area contributed by atoms with Gasteiger partial charge in [0.1, 0.15) is 23.0 Å². The molecule has 20 heteroatoms. The van der Waals surface area contributed by atoms with E-state index >= 15 is 0 Å². The molecule has 0 bridgehead atoms. The van der Waals surface area contributed by atoms with Crippen LogP contribution >= 0.6 is 0 Å². The van der Waals surface area contributed by atoms with Gasteiger partial charge < -0.3 is 10.4 Å². The molecule has 0 saturated heterocycles. The maximum atomic E-state index is 12.7. The van der Waals surface area contributed by atoms with Gasteiger partial charge in [-0.1, -0.05) is 18.2 Å². The molecule has 3 aromatic rings. The number of hydrogen-bond acceptors (Lipinski definition) is 13. The van der Waals surface area contributed by atoms with Crippen LogP contribution in [0.25, 0.3) is 10.8 Å². The first-order chi connectivity index (χ1) is 17.9. The first-order valence-electron chi connectivity index (χ1n) is 10.2. The Bertz CT molecular complexity index is 1890. The fraction of sp³-hybridized carbons (Fsp3) is 0.158. The minimum atomic E-state index is -4.89. The lowest BCUT2D eigenvalue weighted by atomic mass is 10.1. The quantitative estimate of drug-likeness (QED) is 0.151.